The highest BCUT2D eigenvalue weighted by Crippen LogP contribution is 2.14. The molecule has 0 amide bonds. The summed E-state index contributed by atoms with van der Waals surface area (Å²) in [5.74, 6) is -1.87. The Bertz CT molecular complexity index is 1180. The number of esters is 3. The average Bonchev–Trinajstić information content (AvgIpc) is 3.03. The minimum Gasteiger partial charge on any atom is -0.460 e. The third-order valence-electron chi connectivity index (χ3n) is 6.90. The zero-order valence-corrected chi connectivity index (χ0v) is 29.5. The molecule has 0 fully saturated rings. The van der Waals surface area contributed by atoms with E-state index in [1.54, 1.807) is 4.90 Å². The molecule has 0 aliphatic heterocycles. The Morgan fingerprint density at radius 3 is 1.33 bits per heavy atom. The molecule has 1 aromatic carbocycles. The standard InChI is InChI=1S/C36H56N2O11/c1-8-9-13-46-21-30(39)17-37(18-31(40)22-47-34(43)25(2)3)15-28-11-10-12-29(14-28)16-38(19-32(41)23-48-35(44)26(4)5)20-33(42)24-49-36(45)27(6)7/h10-12,14,30-33,39-42H,2,4,6,8-9,13,15-24H2,1,3,5,7H3. The molecule has 0 aromatic heterocycles. The van der Waals surface area contributed by atoms with E-state index in [0.29, 0.717) is 13.2 Å². The quantitative estimate of drug-likeness (QED) is 0.0480. The van der Waals surface area contributed by atoms with Gasteiger partial charge in [-0.05, 0) is 38.3 Å². The van der Waals surface area contributed by atoms with Crippen LogP contribution < -0.4 is 0 Å². The molecule has 0 bridgehead atoms. The second-order valence-electron chi connectivity index (χ2n) is 12.4. The van der Waals surface area contributed by atoms with Gasteiger partial charge in [-0.3, -0.25) is 9.80 Å². The van der Waals surface area contributed by atoms with Crippen LogP contribution in [0.1, 0.15) is 51.7 Å². The van der Waals surface area contributed by atoms with Crippen LogP contribution >= 0.6 is 0 Å². The summed E-state index contributed by atoms with van der Waals surface area (Å²) < 4.78 is 20.9. The summed E-state index contributed by atoms with van der Waals surface area (Å²) in [5, 5.41) is 42.6. The molecule has 0 saturated carbocycles. The molecule has 0 aliphatic carbocycles. The number of benzene rings is 1. The van der Waals surface area contributed by atoms with Crippen molar-refractivity contribution < 1.29 is 53.8 Å². The summed E-state index contributed by atoms with van der Waals surface area (Å²) in [5.41, 5.74) is 2.27. The summed E-state index contributed by atoms with van der Waals surface area (Å²) in [4.78, 5) is 39.1. The molecule has 4 unspecified atom stereocenters. The zero-order valence-electron chi connectivity index (χ0n) is 29.5. The topological polar surface area (TPSA) is 176 Å². The first-order chi connectivity index (χ1) is 23.1. The SMILES string of the molecule is C=C(C)C(=O)OCC(O)CN(Cc1cccc(CN(CC(O)COC(=O)C(=C)C)CC(O)COC(=O)C(=C)C)c1)CC(O)COCCCC. The van der Waals surface area contributed by atoms with Gasteiger partial charge in [0, 0.05) is 62.6 Å². The van der Waals surface area contributed by atoms with Gasteiger partial charge in [-0.2, -0.15) is 0 Å². The molecule has 4 atom stereocenters. The van der Waals surface area contributed by atoms with Gasteiger partial charge in [0.2, 0.25) is 0 Å². The summed E-state index contributed by atoms with van der Waals surface area (Å²) in [7, 11) is 0. The lowest BCUT2D eigenvalue weighted by Gasteiger charge is -2.28. The molecule has 49 heavy (non-hydrogen) atoms. The van der Waals surface area contributed by atoms with Crippen LogP contribution in [0.2, 0.25) is 0 Å². The maximum atomic E-state index is 11.8. The highest BCUT2D eigenvalue weighted by molar-refractivity contribution is 5.87. The molecular formula is C36H56N2O11. The van der Waals surface area contributed by atoms with Crippen LogP contribution in [0.25, 0.3) is 0 Å². The number of hydrogen-bond acceptors (Lipinski definition) is 13. The third-order valence-corrected chi connectivity index (χ3v) is 6.90. The lowest BCUT2D eigenvalue weighted by atomic mass is 10.1. The maximum Gasteiger partial charge on any atom is 0.333 e. The summed E-state index contributed by atoms with van der Waals surface area (Å²) in [6, 6.07) is 7.51. The van der Waals surface area contributed by atoms with Crippen LogP contribution in [0.3, 0.4) is 0 Å². The molecule has 1 rings (SSSR count). The van der Waals surface area contributed by atoms with Crippen molar-refractivity contribution in [3.05, 3.63) is 71.8 Å². The highest BCUT2D eigenvalue weighted by atomic mass is 16.6. The van der Waals surface area contributed by atoms with E-state index in [2.05, 4.69) is 19.7 Å². The van der Waals surface area contributed by atoms with Gasteiger partial charge in [0.15, 0.2) is 0 Å². The van der Waals surface area contributed by atoms with Crippen LogP contribution in [0.15, 0.2) is 60.7 Å². The number of aliphatic hydroxyl groups is 4. The Morgan fingerprint density at radius 2 is 1.00 bits per heavy atom. The number of nitrogens with zero attached hydrogens (tertiary/aromatic N) is 2. The molecule has 276 valence electrons. The first-order valence-corrected chi connectivity index (χ1v) is 16.4. The van der Waals surface area contributed by atoms with E-state index in [-0.39, 0.29) is 75.9 Å². The van der Waals surface area contributed by atoms with Crippen LogP contribution in [-0.4, -0.2) is 132 Å². The molecule has 0 spiro atoms. The van der Waals surface area contributed by atoms with Crippen molar-refractivity contribution in [2.75, 3.05) is 59.2 Å². The Labute approximate surface area is 290 Å². The molecule has 1 aromatic rings. The van der Waals surface area contributed by atoms with Crippen molar-refractivity contribution in [2.24, 2.45) is 0 Å². The van der Waals surface area contributed by atoms with Gasteiger partial charge in [0.25, 0.3) is 0 Å². The monoisotopic (exact) mass is 692 g/mol. The number of ether oxygens (including phenoxy) is 4. The molecule has 0 saturated heterocycles. The number of aliphatic hydroxyl groups excluding tert-OH is 4. The number of carbonyl (C=O) groups is 3. The van der Waals surface area contributed by atoms with Gasteiger partial charge in [-0.1, -0.05) is 57.3 Å². The second-order valence-corrected chi connectivity index (χ2v) is 12.4. The Balaban J connectivity index is 3.10. The number of rotatable bonds is 26. The second kappa shape index (κ2) is 23.8. The van der Waals surface area contributed by atoms with E-state index in [4.69, 9.17) is 18.9 Å². The van der Waals surface area contributed by atoms with Crippen molar-refractivity contribution in [3.63, 3.8) is 0 Å². The van der Waals surface area contributed by atoms with E-state index in [0.717, 1.165) is 24.0 Å². The first kappa shape index (κ1) is 43.6. The van der Waals surface area contributed by atoms with Gasteiger partial charge < -0.3 is 39.4 Å². The van der Waals surface area contributed by atoms with Gasteiger partial charge in [-0.25, -0.2) is 14.4 Å². The van der Waals surface area contributed by atoms with Crippen molar-refractivity contribution in [2.45, 2.75) is 78.0 Å². The van der Waals surface area contributed by atoms with Crippen LogP contribution in [0.5, 0.6) is 0 Å². The van der Waals surface area contributed by atoms with Crippen molar-refractivity contribution >= 4 is 17.9 Å². The van der Waals surface area contributed by atoms with Crippen LogP contribution in [-0.2, 0) is 46.4 Å². The van der Waals surface area contributed by atoms with Crippen molar-refractivity contribution in [1.82, 2.24) is 9.80 Å². The number of hydrogen-bond donors (Lipinski definition) is 4. The first-order valence-electron chi connectivity index (χ1n) is 16.4. The van der Waals surface area contributed by atoms with Crippen LogP contribution in [0.4, 0.5) is 0 Å². The van der Waals surface area contributed by atoms with E-state index in [9.17, 15) is 34.8 Å². The third kappa shape index (κ3) is 20.0. The Morgan fingerprint density at radius 1 is 0.653 bits per heavy atom. The zero-order chi connectivity index (χ0) is 36.9. The van der Waals surface area contributed by atoms with Gasteiger partial charge in [0.1, 0.15) is 38.1 Å². The smallest absolute Gasteiger partial charge is 0.333 e. The maximum absolute atomic E-state index is 11.8. The summed E-state index contributed by atoms with van der Waals surface area (Å²) in [6.45, 7) is 17.9. The predicted molar refractivity (Wildman–Crippen MR) is 184 cm³/mol. The van der Waals surface area contributed by atoms with E-state index in [1.807, 2.05) is 36.1 Å². The minimum atomic E-state index is -1.09. The molecule has 0 heterocycles. The minimum absolute atomic E-state index is 0.0185. The Hall–Kier alpha value is -3.43. The molecule has 13 nitrogen and oxygen atoms in total. The largest absolute Gasteiger partial charge is 0.460 e. The summed E-state index contributed by atoms with van der Waals surface area (Å²) >= 11 is 0. The lowest BCUT2D eigenvalue weighted by Crippen LogP contribution is -2.41. The van der Waals surface area contributed by atoms with E-state index in [1.165, 1.54) is 20.8 Å². The highest BCUT2D eigenvalue weighted by Gasteiger charge is 2.21. The van der Waals surface area contributed by atoms with Gasteiger partial charge in [-0.15, -0.1) is 0 Å². The van der Waals surface area contributed by atoms with E-state index >= 15 is 0 Å². The molecular weight excluding hydrogens is 636 g/mol. The summed E-state index contributed by atoms with van der Waals surface area (Å²) in [6.07, 6.45) is -2.20. The normalized spacial score (nSPS) is 13.8. The fourth-order valence-electron chi connectivity index (χ4n) is 4.50. The average molecular weight is 693 g/mol. The van der Waals surface area contributed by atoms with Crippen molar-refractivity contribution in [1.29, 1.82) is 0 Å². The van der Waals surface area contributed by atoms with Crippen LogP contribution in [0, 0.1) is 0 Å². The molecule has 0 aliphatic rings. The van der Waals surface area contributed by atoms with Crippen molar-refractivity contribution in [3.8, 4) is 0 Å². The van der Waals surface area contributed by atoms with Gasteiger partial charge >= 0.3 is 17.9 Å². The predicted octanol–water partition coefficient (Wildman–Crippen LogP) is 1.91. The Kier molecular flexibility index (Phi) is 21.2. The molecule has 13 heteroatoms. The number of carbonyl (C=O) groups excluding carboxylic acids is 3. The van der Waals surface area contributed by atoms with E-state index < -0.39 is 42.3 Å². The molecule has 4 N–H and O–H groups in total. The fraction of sp³-hybridized carbons (Fsp3) is 0.583. The fourth-order valence-corrected chi connectivity index (χ4v) is 4.50. The van der Waals surface area contributed by atoms with Gasteiger partial charge in [0.05, 0.1) is 12.7 Å². The number of unbranched alkanes of at least 4 members (excludes halogenated alkanes) is 1. The molecule has 0 radical (unpaired) electrons. The lowest BCUT2D eigenvalue weighted by molar-refractivity contribution is -0.143.